The molecular weight excluding hydrogens is 380 g/mol. The van der Waals surface area contributed by atoms with Crippen LogP contribution in [0.5, 0.6) is 11.5 Å². The van der Waals surface area contributed by atoms with Gasteiger partial charge in [0, 0.05) is 12.6 Å². The van der Waals surface area contributed by atoms with Gasteiger partial charge in [-0.2, -0.15) is 0 Å². The van der Waals surface area contributed by atoms with Gasteiger partial charge in [-0.1, -0.05) is 18.2 Å². The van der Waals surface area contributed by atoms with Gasteiger partial charge in [0.05, 0.1) is 26.2 Å². The third kappa shape index (κ3) is 6.45. The van der Waals surface area contributed by atoms with Crippen molar-refractivity contribution in [1.82, 2.24) is 5.32 Å². The molecule has 7 nitrogen and oxygen atoms in total. The predicted octanol–water partition coefficient (Wildman–Crippen LogP) is 2.22. The normalized spacial score (nSPS) is 11.0. The SMILES string of the molecule is COc1cccc(CCCNC(=O)CN(c2cccc(OC)c2)S(C)(=O)=O)c1. The molecular formula is C20H26N2O5S. The van der Waals surface area contributed by atoms with Gasteiger partial charge >= 0.3 is 0 Å². The number of amides is 1. The number of hydrogen-bond acceptors (Lipinski definition) is 5. The van der Waals surface area contributed by atoms with Gasteiger partial charge < -0.3 is 14.8 Å². The van der Waals surface area contributed by atoms with E-state index in [4.69, 9.17) is 9.47 Å². The number of sulfonamides is 1. The van der Waals surface area contributed by atoms with Gasteiger partial charge in [0.1, 0.15) is 18.0 Å². The third-order valence-corrected chi connectivity index (χ3v) is 5.27. The van der Waals surface area contributed by atoms with E-state index in [-0.39, 0.29) is 12.5 Å². The fourth-order valence-electron chi connectivity index (χ4n) is 2.70. The minimum absolute atomic E-state index is 0.287. The monoisotopic (exact) mass is 406 g/mol. The van der Waals surface area contributed by atoms with E-state index in [0.717, 1.165) is 34.7 Å². The number of ether oxygens (including phenoxy) is 2. The summed E-state index contributed by atoms with van der Waals surface area (Å²) in [6.45, 7) is 0.164. The number of nitrogens with one attached hydrogen (secondary N) is 1. The second-order valence-electron chi connectivity index (χ2n) is 6.28. The van der Waals surface area contributed by atoms with Gasteiger partial charge in [-0.3, -0.25) is 9.10 Å². The number of nitrogens with zero attached hydrogens (tertiary/aromatic N) is 1. The summed E-state index contributed by atoms with van der Waals surface area (Å²) in [5, 5.41) is 2.77. The first-order chi connectivity index (χ1) is 13.3. The van der Waals surface area contributed by atoms with Crippen LogP contribution in [0.3, 0.4) is 0 Å². The largest absolute Gasteiger partial charge is 0.497 e. The van der Waals surface area contributed by atoms with Gasteiger partial charge in [0.15, 0.2) is 0 Å². The number of aryl methyl sites for hydroxylation is 1. The summed E-state index contributed by atoms with van der Waals surface area (Å²) in [7, 11) is -0.497. The summed E-state index contributed by atoms with van der Waals surface area (Å²) in [6, 6.07) is 14.3. The summed E-state index contributed by atoms with van der Waals surface area (Å²) in [6.07, 6.45) is 2.59. The maximum Gasteiger partial charge on any atom is 0.240 e. The molecule has 0 saturated carbocycles. The molecule has 0 radical (unpaired) electrons. The number of anilines is 1. The summed E-state index contributed by atoms with van der Waals surface area (Å²) in [5.74, 6) is 0.951. The topological polar surface area (TPSA) is 84.9 Å². The highest BCUT2D eigenvalue weighted by Gasteiger charge is 2.21. The Hall–Kier alpha value is -2.74. The molecule has 0 saturated heterocycles. The van der Waals surface area contributed by atoms with Crippen molar-refractivity contribution in [3.05, 3.63) is 54.1 Å². The number of methoxy groups -OCH3 is 2. The fourth-order valence-corrected chi connectivity index (χ4v) is 3.55. The first kappa shape index (κ1) is 21.6. The number of hydrogen-bond donors (Lipinski definition) is 1. The second kappa shape index (κ2) is 9.98. The van der Waals surface area contributed by atoms with Crippen molar-refractivity contribution >= 4 is 21.6 Å². The first-order valence-corrected chi connectivity index (χ1v) is 10.7. The van der Waals surface area contributed by atoms with Crippen LogP contribution < -0.4 is 19.1 Å². The van der Waals surface area contributed by atoms with Crippen LogP contribution in [0.1, 0.15) is 12.0 Å². The van der Waals surface area contributed by atoms with Crippen molar-refractivity contribution in [3.63, 3.8) is 0 Å². The fraction of sp³-hybridized carbons (Fsp3) is 0.350. The maximum atomic E-state index is 12.3. The molecule has 1 N–H and O–H groups in total. The molecule has 0 atom stereocenters. The van der Waals surface area contributed by atoms with Crippen molar-refractivity contribution < 1.29 is 22.7 Å². The Kier molecular flexibility index (Phi) is 7.69. The molecule has 2 aromatic rings. The quantitative estimate of drug-likeness (QED) is 0.612. The van der Waals surface area contributed by atoms with E-state index in [0.29, 0.717) is 18.0 Å². The number of carbonyl (C=O) groups is 1. The maximum absolute atomic E-state index is 12.3. The van der Waals surface area contributed by atoms with Crippen LogP contribution in [0, 0.1) is 0 Å². The minimum Gasteiger partial charge on any atom is -0.497 e. The van der Waals surface area contributed by atoms with Crippen LogP contribution in [-0.2, 0) is 21.2 Å². The van der Waals surface area contributed by atoms with E-state index in [1.165, 1.54) is 7.11 Å². The molecule has 1 amide bonds. The van der Waals surface area contributed by atoms with Crippen LogP contribution >= 0.6 is 0 Å². The lowest BCUT2D eigenvalue weighted by Crippen LogP contribution is -2.40. The van der Waals surface area contributed by atoms with Gasteiger partial charge in [0.25, 0.3) is 0 Å². The third-order valence-electron chi connectivity index (χ3n) is 4.13. The Balaban J connectivity index is 1.91. The average molecular weight is 407 g/mol. The molecule has 8 heteroatoms. The van der Waals surface area contributed by atoms with Crippen LogP contribution in [0.4, 0.5) is 5.69 Å². The van der Waals surface area contributed by atoms with Crippen LogP contribution in [0.25, 0.3) is 0 Å². The van der Waals surface area contributed by atoms with E-state index in [9.17, 15) is 13.2 Å². The Morgan fingerprint density at radius 2 is 1.68 bits per heavy atom. The summed E-state index contributed by atoms with van der Waals surface area (Å²) in [5.41, 5.74) is 1.50. The van der Waals surface area contributed by atoms with E-state index < -0.39 is 10.0 Å². The molecule has 28 heavy (non-hydrogen) atoms. The van der Waals surface area contributed by atoms with Gasteiger partial charge in [-0.05, 0) is 42.7 Å². The molecule has 0 aromatic heterocycles. The van der Waals surface area contributed by atoms with E-state index in [1.54, 1.807) is 31.4 Å². The second-order valence-corrected chi connectivity index (χ2v) is 8.18. The zero-order valence-corrected chi connectivity index (χ0v) is 17.2. The summed E-state index contributed by atoms with van der Waals surface area (Å²) >= 11 is 0. The highest BCUT2D eigenvalue weighted by molar-refractivity contribution is 7.92. The molecule has 2 rings (SSSR count). The van der Waals surface area contributed by atoms with E-state index in [2.05, 4.69) is 5.32 Å². The van der Waals surface area contributed by atoms with Crippen LogP contribution in [-0.4, -0.2) is 47.9 Å². The lowest BCUT2D eigenvalue weighted by molar-refractivity contribution is -0.119. The van der Waals surface area contributed by atoms with Crippen LogP contribution in [0.2, 0.25) is 0 Å². The number of benzene rings is 2. The van der Waals surface area contributed by atoms with Crippen molar-refractivity contribution in [2.45, 2.75) is 12.8 Å². The zero-order chi connectivity index (χ0) is 20.6. The Morgan fingerprint density at radius 1 is 1.04 bits per heavy atom. The Labute approximate surface area is 166 Å². The van der Waals surface area contributed by atoms with Crippen molar-refractivity contribution in [1.29, 1.82) is 0 Å². The Morgan fingerprint density at radius 3 is 2.32 bits per heavy atom. The van der Waals surface area contributed by atoms with Gasteiger partial charge in [0.2, 0.25) is 15.9 Å². The van der Waals surface area contributed by atoms with Gasteiger partial charge in [-0.25, -0.2) is 8.42 Å². The number of carbonyl (C=O) groups excluding carboxylic acids is 1. The van der Waals surface area contributed by atoms with E-state index >= 15 is 0 Å². The predicted molar refractivity (Wildman–Crippen MR) is 110 cm³/mol. The van der Waals surface area contributed by atoms with E-state index in [1.807, 2.05) is 24.3 Å². The summed E-state index contributed by atoms with van der Waals surface area (Å²) in [4.78, 5) is 12.3. The molecule has 0 heterocycles. The molecule has 0 spiro atoms. The molecule has 0 unspecified atom stereocenters. The van der Waals surface area contributed by atoms with Gasteiger partial charge in [-0.15, -0.1) is 0 Å². The highest BCUT2D eigenvalue weighted by atomic mass is 32.2. The number of rotatable bonds is 10. The molecule has 0 aliphatic carbocycles. The summed E-state index contributed by atoms with van der Waals surface area (Å²) < 4.78 is 35.7. The first-order valence-electron chi connectivity index (χ1n) is 8.85. The van der Waals surface area contributed by atoms with Crippen molar-refractivity contribution in [3.8, 4) is 11.5 Å². The van der Waals surface area contributed by atoms with Crippen molar-refractivity contribution in [2.24, 2.45) is 0 Å². The van der Waals surface area contributed by atoms with Crippen LogP contribution in [0.15, 0.2) is 48.5 Å². The molecule has 0 aliphatic rings. The highest BCUT2D eigenvalue weighted by Crippen LogP contribution is 2.22. The average Bonchev–Trinajstić information content (AvgIpc) is 2.68. The smallest absolute Gasteiger partial charge is 0.240 e. The molecule has 152 valence electrons. The lowest BCUT2D eigenvalue weighted by Gasteiger charge is -2.22. The molecule has 2 aromatic carbocycles. The lowest BCUT2D eigenvalue weighted by atomic mass is 10.1. The Bertz CT molecular complexity index is 899. The molecule has 0 fully saturated rings. The zero-order valence-electron chi connectivity index (χ0n) is 16.3. The molecule has 0 aliphatic heterocycles. The minimum atomic E-state index is -3.62. The van der Waals surface area contributed by atoms with Crippen molar-refractivity contribution in [2.75, 3.05) is 37.9 Å². The molecule has 0 bridgehead atoms. The standard InChI is InChI=1S/C20H26N2O5S/c1-26-18-10-4-7-16(13-18)8-6-12-21-20(23)15-22(28(3,24)25)17-9-5-11-19(14-17)27-2/h4-5,7,9-11,13-14H,6,8,12,15H2,1-3H3,(H,21,23).